The van der Waals surface area contributed by atoms with Crippen molar-refractivity contribution in [3.05, 3.63) is 64.2 Å². The Labute approximate surface area is 114 Å². The van der Waals surface area contributed by atoms with Crippen LogP contribution in [0.15, 0.2) is 36.4 Å². The normalized spacial score (nSPS) is 10.5. The zero-order valence-corrected chi connectivity index (χ0v) is 10.8. The molecule has 5 heteroatoms. The molecule has 2 aromatic carbocycles. The number of benzene rings is 2. The van der Waals surface area contributed by atoms with Crippen molar-refractivity contribution in [2.45, 2.75) is 13.2 Å². The second kappa shape index (κ2) is 5.99. The maximum atomic E-state index is 13.6. The van der Waals surface area contributed by atoms with E-state index < -0.39 is 5.82 Å². The number of halogens is 3. The second-order valence-corrected chi connectivity index (χ2v) is 4.36. The monoisotopic (exact) mass is 283 g/mol. The Morgan fingerprint density at radius 3 is 2.63 bits per heavy atom. The van der Waals surface area contributed by atoms with E-state index >= 15 is 0 Å². The topological polar surface area (TPSA) is 35.2 Å². The number of ether oxygens (including phenoxy) is 1. The highest BCUT2D eigenvalue weighted by Crippen LogP contribution is 2.25. The first-order chi connectivity index (χ1) is 9.11. The molecule has 0 aliphatic rings. The molecule has 2 nitrogen and oxygen atoms in total. The van der Waals surface area contributed by atoms with Crippen LogP contribution in [0.2, 0.25) is 5.02 Å². The van der Waals surface area contributed by atoms with Crippen LogP contribution in [0.25, 0.3) is 0 Å². The molecule has 0 radical (unpaired) electrons. The van der Waals surface area contributed by atoms with E-state index in [-0.39, 0.29) is 29.7 Å². The maximum absolute atomic E-state index is 13.6. The minimum Gasteiger partial charge on any atom is -0.486 e. The number of hydrogen-bond donors (Lipinski definition) is 1. The summed E-state index contributed by atoms with van der Waals surface area (Å²) in [5, 5.41) is -0.00402. The molecule has 2 N–H and O–H groups in total. The third kappa shape index (κ3) is 3.22. The van der Waals surface area contributed by atoms with Gasteiger partial charge in [0, 0.05) is 6.54 Å². The lowest BCUT2D eigenvalue weighted by Crippen LogP contribution is -2.06. The van der Waals surface area contributed by atoms with Crippen molar-refractivity contribution in [1.29, 1.82) is 0 Å². The average molecular weight is 284 g/mol. The lowest BCUT2D eigenvalue weighted by Gasteiger charge is -2.11. The van der Waals surface area contributed by atoms with Crippen LogP contribution < -0.4 is 10.5 Å². The number of rotatable bonds is 4. The smallest absolute Gasteiger partial charge is 0.183 e. The van der Waals surface area contributed by atoms with Gasteiger partial charge >= 0.3 is 0 Å². The molecule has 2 aromatic rings. The van der Waals surface area contributed by atoms with Gasteiger partial charge in [-0.15, -0.1) is 0 Å². The maximum Gasteiger partial charge on any atom is 0.183 e. The van der Waals surface area contributed by atoms with Crippen molar-refractivity contribution in [2.24, 2.45) is 5.73 Å². The van der Waals surface area contributed by atoms with Crippen LogP contribution in [0.1, 0.15) is 11.1 Å². The molecule has 0 aliphatic carbocycles. The Morgan fingerprint density at radius 2 is 1.89 bits per heavy atom. The molecule has 0 aromatic heterocycles. The molecule has 0 fully saturated rings. The summed E-state index contributed by atoms with van der Waals surface area (Å²) in [5.41, 5.74) is 6.86. The molecule has 0 heterocycles. The van der Waals surface area contributed by atoms with Crippen LogP contribution in [0, 0.1) is 11.6 Å². The first-order valence-electron chi connectivity index (χ1n) is 5.66. The van der Waals surface area contributed by atoms with Gasteiger partial charge in [0.15, 0.2) is 11.6 Å². The van der Waals surface area contributed by atoms with Gasteiger partial charge in [-0.05, 0) is 35.4 Å². The molecule has 0 saturated carbocycles. The number of hydrogen-bond acceptors (Lipinski definition) is 2. The number of nitrogens with two attached hydrogens (primary N) is 1. The van der Waals surface area contributed by atoms with E-state index in [9.17, 15) is 8.78 Å². The highest BCUT2D eigenvalue weighted by atomic mass is 35.5. The second-order valence-electron chi connectivity index (χ2n) is 3.96. The van der Waals surface area contributed by atoms with Crippen molar-refractivity contribution in [3.8, 4) is 5.75 Å². The van der Waals surface area contributed by atoms with Gasteiger partial charge in [0.1, 0.15) is 12.4 Å². The van der Waals surface area contributed by atoms with Gasteiger partial charge in [-0.25, -0.2) is 8.78 Å². The van der Waals surface area contributed by atoms with E-state index in [1.165, 1.54) is 24.3 Å². The molecule has 19 heavy (non-hydrogen) atoms. The predicted octanol–water partition coefficient (Wildman–Crippen LogP) is 3.66. The molecule has 0 aliphatic heterocycles. The Kier molecular flexibility index (Phi) is 4.35. The summed E-state index contributed by atoms with van der Waals surface area (Å²) in [6, 6.07) is 8.73. The summed E-state index contributed by atoms with van der Waals surface area (Å²) < 4.78 is 32.0. The van der Waals surface area contributed by atoms with Crippen molar-refractivity contribution in [3.63, 3.8) is 0 Å². The molecule has 2 rings (SSSR count). The van der Waals surface area contributed by atoms with Gasteiger partial charge in [-0.2, -0.15) is 0 Å². The van der Waals surface area contributed by atoms with E-state index in [1.807, 2.05) is 0 Å². The van der Waals surface area contributed by atoms with E-state index in [2.05, 4.69) is 0 Å². The quantitative estimate of drug-likeness (QED) is 0.929. The third-order valence-corrected chi connectivity index (χ3v) is 2.98. The first-order valence-corrected chi connectivity index (χ1v) is 6.04. The Bertz CT molecular complexity index is 590. The molecule has 0 amide bonds. The lowest BCUT2D eigenvalue weighted by atomic mass is 10.1. The predicted molar refractivity (Wildman–Crippen MR) is 70.0 cm³/mol. The molecule has 0 bridgehead atoms. The fourth-order valence-corrected chi connectivity index (χ4v) is 1.84. The Balaban J connectivity index is 2.17. The van der Waals surface area contributed by atoms with E-state index in [0.29, 0.717) is 11.1 Å². The van der Waals surface area contributed by atoms with Gasteiger partial charge in [0.25, 0.3) is 0 Å². The van der Waals surface area contributed by atoms with E-state index in [4.69, 9.17) is 22.1 Å². The largest absolute Gasteiger partial charge is 0.486 e. The summed E-state index contributed by atoms with van der Waals surface area (Å²) >= 11 is 5.65. The highest BCUT2D eigenvalue weighted by molar-refractivity contribution is 6.30. The summed E-state index contributed by atoms with van der Waals surface area (Å²) in [5.74, 6) is -0.918. The lowest BCUT2D eigenvalue weighted by molar-refractivity contribution is 0.289. The van der Waals surface area contributed by atoms with Gasteiger partial charge in [0.05, 0.1) is 5.02 Å². The van der Waals surface area contributed by atoms with Crippen LogP contribution >= 0.6 is 11.6 Å². The molecular formula is C14H12ClF2NO. The fraction of sp³-hybridized carbons (Fsp3) is 0.143. The minimum atomic E-state index is -0.611. The zero-order chi connectivity index (χ0) is 13.8. The first kappa shape index (κ1) is 13.8. The molecule has 0 saturated heterocycles. The van der Waals surface area contributed by atoms with Gasteiger partial charge < -0.3 is 10.5 Å². The summed E-state index contributed by atoms with van der Waals surface area (Å²) in [4.78, 5) is 0. The highest BCUT2D eigenvalue weighted by Gasteiger charge is 2.09. The van der Waals surface area contributed by atoms with Crippen molar-refractivity contribution >= 4 is 11.6 Å². The summed E-state index contributed by atoms with van der Waals surface area (Å²) in [7, 11) is 0. The van der Waals surface area contributed by atoms with Crippen LogP contribution in [0.5, 0.6) is 5.75 Å². The molecular weight excluding hydrogens is 272 g/mol. The van der Waals surface area contributed by atoms with Crippen LogP contribution in [0.4, 0.5) is 8.78 Å². The summed E-state index contributed by atoms with van der Waals surface area (Å²) in [6.07, 6.45) is 0. The molecule has 0 spiro atoms. The molecule has 0 atom stereocenters. The Hall–Kier alpha value is -1.65. The zero-order valence-electron chi connectivity index (χ0n) is 10.00. The van der Waals surface area contributed by atoms with Crippen molar-refractivity contribution in [2.75, 3.05) is 0 Å². The fourth-order valence-electron chi connectivity index (χ4n) is 1.68. The van der Waals surface area contributed by atoms with Crippen LogP contribution in [-0.2, 0) is 13.2 Å². The van der Waals surface area contributed by atoms with Gasteiger partial charge in [-0.3, -0.25) is 0 Å². The van der Waals surface area contributed by atoms with Gasteiger partial charge in [0.2, 0.25) is 0 Å². The van der Waals surface area contributed by atoms with Crippen molar-refractivity contribution in [1.82, 2.24) is 0 Å². The molecule has 100 valence electrons. The average Bonchev–Trinajstić information content (AvgIpc) is 2.41. The van der Waals surface area contributed by atoms with Gasteiger partial charge in [-0.1, -0.05) is 23.7 Å². The standard InChI is InChI=1S/C14H12ClF2NO/c15-12-2-1-3-13(14(12)17)19-8-9-4-5-11(16)6-10(9)7-18/h1-6H,7-8,18H2. The van der Waals surface area contributed by atoms with E-state index in [1.54, 1.807) is 12.1 Å². The van der Waals surface area contributed by atoms with E-state index in [0.717, 1.165) is 0 Å². The van der Waals surface area contributed by atoms with Crippen LogP contribution in [0.3, 0.4) is 0 Å². The molecule has 0 unspecified atom stereocenters. The summed E-state index contributed by atoms with van der Waals surface area (Å²) in [6.45, 7) is 0.290. The minimum absolute atomic E-state index is 0.00402. The van der Waals surface area contributed by atoms with Crippen LogP contribution in [-0.4, -0.2) is 0 Å². The third-order valence-electron chi connectivity index (χ3n) is 2.69. The SMILES string of the molecule is NCc1cc(F)ccc1COc1cccc(Cl)c1F. The van der Waals surface area contributed by atoms with Crippen molar-refractivity contribution < 1.29 is 13.5 Å². The Morgan fingerprint density at radius 1 is 1.11 bits per heavy atom.